The van der Waals surface area contributed by atoms with Gasteiger partial charge in [-0.1, -0.05) is 17.7 Å². The van der Waals surface area contributed by atoms with Crippen LogP contribution in [0.25, 0.3) is 5.76 Å². The molecular weight excluding hydrogens is 412 g/mol. The van der Waals surface area contributed by atoms with E-state index in [-0.39, 0.29) is 40.8 Å². The summed E-state index contributed by atoms with van der Waals surface area (Å²) < 4.78 is 15.6. The lowest BCUT2D eigenvalue weighted by atomic mass is 9.96. The first kappa shape index (κ1) is 21.6. The average Bonchev–Trinajstić information content (AvgIpc) is 3.02. The summed E-state index contributed by atoms with van der Waals surface area (Å²) in [5.41, 5.74) is 0.679. The van der Waals surface area contributed by atoms with E-state index in [4.69, 9.17) is 25.8 Å². The lowest BCUT2D eigenvalue weighted by molar-refractivity contribution is -0.140. The molecular formula is C21H21ClN2O6. The summed E-state index contributed by atoms with van der Waals surface area (Å²) in [5, 5.41) is 11.4. The predicted molar refractivity (Wildman–Crippen MR) is 110 cm³/mol. The first-order chi connectivity index (χ1) is 14.4. The van der Waals surface area contributed by atoms with Gasteiger partial charge in [-0.15, -0.1) is 0 Å². The largest absolute Gasteiger partial charge is 0.507 e. The van der Waals surface area contributed by atoms with Crippen LogP contribution in [0.2, 0.25) is 5.02 Å². The monoisotopic (exact) mass is 432 g/mol. The molecule has 1 amide bonds. The summed E-state index contributed by atoms with van der Waals surface area (Å²) in [6, 6.07) is 5.52. The van der Waals surface area contributed by atoms with Gasteiger partial charge in [0.25, 0.3) is 11.7 Å². The number of aromatic nitrogens is 1. The SMILES string of the molecule is COCCN1C(=O)C(=O)/C(=C(/O)c2cc(OC)c(Cl)cc2OC)C1c1cccnc1. The second-order valence-electron chi connectivity index (χ2n) is 6.46. The minimum Gasteiger partial charge on any atom is -0.507 e. The molecule has 1 unspecified atom stereocenters. The smallest absolute Gasteiger partial charge is 0.295 e. The van der Waals surface area contributed by atoms with Crippen LogP contribution in [0.3, 0.4) is 0 Å². The number of pyridine rings is 1. The molecule has 3 rings (SSSR count). The first-order valence-corrected chi connectivity index (χ1v) is 9.41. The van der Waals surface area contributed by atoms with Gasteiger partial charge in [0.15, 0.2) is 0 Å². The number of carbonyl (C=O) groups is 2. The number of nitrogens with zero attached hydrogens (tertiary/aromatic N) is 2. The molecule has 1 N–H and O–H groups in total. The van der Waals surface area contributed by atoms with Crippen LogP contribution >= 0.6 is 11.6 Å². The van der Waals surface area contributed by atoms with Gasteiger partial charge in [0.05, 0.1) is 43.0 Å². The Hall–Kier alpha value is -3.10. The molecule has 158 valence electrons. The van der Waals surface area contributed by atoms with Crippen LogP contribution in [-0.4, -0.2) is 61.2 Å². The van der Waals surface area contributed by atoms with Crippen molar-refractivity contribution in [3.05, 3.63) is 58.4 Å². The van der Waals surface area contributed by atoms with Crippen molar-refractivity contribution < 1.29 is 28.9 Å². The van der Waals surface area contributed by atoms with Crippen molar-refractivity contribution in [3.63, 3.8) is 0 Å². The van der Waals surface area contributed by atoms with E-state index in [1.165, 1.54) is 38.4 Å². The van der Waals surface area contributed by atoms with Crippen LogP contribution in [0.1, 0.15) is 17.2 Å². The Morgan fingerprint density at radius 1 is 1.20 bits per heavy atom. The highest BCUT2D eigenvalue weighted by atomic mass is 35.5. The molecule has 1 aliphatic heterocycles. The summed E-state index contributed by atoms with van der Waals surface area (Å²) >= 11 is 6.15. The maximum absolute atomic E-state index is 12.9. The number of hydrogen-bond donors (Lipinski definition) is 1. The molecule has 2 aromatic rings. The van der Waals surface area contributed by atoms with Gasteiger partial charge < -0.3 is 24.2 Å². The van der Waals surface area contributed by atoms with Crippen molar-refractivity contribution in [2.75, 3.05) is 34.5 Å². The standard InChI is InChI=1S/C21H21ClN2O6/c1-28-8-7-24-18(12-5-4-6-23-11-12)17(20(26)21(24)27)19(25)13-9-16(30-3)14(22)10-15(13)29-2/h4-6,9-11,18,25H,7-8H2,1-3H3/b19-17+. The van der Waals surface area contributed by atoms with Crippen molar-refractivity contribution in [1.82, 2.24) is 9.88 Å². The molecule has 0 bridgehead atoms. The van der Waals surface area contributed by atoms with Gasteiger partial charge in [0.1, 0.15) is 17.3 Å². The number of Topliss-reactive ketones (excluding diaryl/α,β-unsaturated/α-hetero) is 1. The Labute approximate surface area is 178 Å². The highest BCUT2D eigenvalue weighted by molar-refractivity contribution is 6.46. The second-order valence-corrected chi connectivity index (χ2v) is 6.87. The second kappa shape index (κ2) is 9.15. The zero-order valence-electron chi connectivity index (χ0n) is 16.7. The molecule has 30 heavy (non-hydrogen) atoms. The van der Waals surface area contributed by atoms with Gasteiger partial charge in [-0.25, -0.2) is 0 Å². The van der Waals surface area contributed by atoms with Crippen LogP contribution in [0.15, 0.2) is 42.2 Å². The molecule has 0 aliphatic carbocycles. The van der Waals surface area contributed by atoms with Crippen LogP contribution in [0, 0.1) is 0 Å². The number of hydrogen-bond acceptors (Lipinski definition) is 7. The number of carbonyl (C=O) groups excluding carboxylic acids is 2. The number of amides is 1. The molecule has 1 aromatic carbocycles. The number of rotatable bonds is 7. The fourth-order valence-corrected chi connectivity index (χ4v) is 3.61. The van der Waals surface area contributed by atoms with Gasteiger partial charge in [0, 0.05) is 32.1 Å². The molecule has 8 nitrogen and oxygen atoms in total. The van der Waals surface area contributed by atoms with Crippen molar-refractivity contribution in [2.24, 2.45) is 0 Å². The fourth-order valence-electron chi connectivity index (χ4n) is 3.38. The van der Waals surface area contributed by atoms with Crippen LogP contribution in [0.5, 0.6) is 11.5 Å². The number of halogens is 1. The van der Waals surface area contributed by atoms with E-state index < -0.39 is 23.5 Å². The number of ketones is 1. The molecule has 1 fully saturated rings. The molecule has 2 heterocycles. The summed E-state index contributed by atoms with van der Waals surface area (Å²) in [4.78, 5) is 31.1. The van der Waals surface area contributed by atoms with Crippen LogP contribution in [-0.2, 0) is 14.3 Å². The van der Waals surface area contributed by atoms with Crippen LogP contribution < -0.4 is 9.47 Å². The van der Waals surface area contributed by atoms with E-state index in [1.54, 1.807) is 24.5 Å². The van der Waals surface area contributed by atoms with Crippen LogP contribution in [0.4, 0.5) is 0 Å². The number of likely N-dealkylation sites (tertiary alicyclic amines) is 1. The molecule has 1 atom stereocenters. The van der Waals surface area contributed by atoms with E-state index in [1.807, 2.05) is 0 Å². The van der Waals surface area contributed by atoms with E-state index in [0.29, 0.717) is 5.56 Å². The number of aliphatic hydroxyl groups excluding tert-OH is 1. The molecule has 0 saturated carbocycles. The minimum absolute atomic E-state index is 0.0771. The minimum atomic E-state index is -0.833. The third-order valence-corrected chi connectivity index (χ3v) is 5.10. The van der Waals surface area contributed by atoms with Crippen molar-refractivity contribution >= 4 is 29.1 Å². The zero-order valence-corrected chi connectivity index (χ0v) is 17.5. The summed E-state index contributed by atoms with van der Waals surface area (Å²) in [5.74, 6) is -1.43. The fraction of sp³-hybridized carbons (Fsp3) is 0.286. The highest BCUT2D eigenvalue weighted by Crippen LogP contribution is 2.42. The lowest BCUT2D eigenvalue weighted by Gasteiger charge is -2.24. The third-order valence-electron chi connectivity index (χ3n) is 4.81. The summed E-state index contributed by atoms with van der Waals surface area (Å²) in [6.45, 7) is 0.389. The zero-order chi connectivity index (χ0) is 21.8. The topological polar surface area (TPSA) is 98.2 Å². The molecule has 0 spiro atoms. The normalized spacial score (nSPS) is 18.0. The quantitative estimate of drug-likeness (QED) is 0.408. The van der Waals surface area contributed by atoms with E-state index in [0.717, 1.165) is 0 Å². The number of methoxy groups -OCH3 is 3. The maximum Gasteiger partial charge on any atom is 0.295 e. The number of benzene rings is 1. The van der Waals surface area contributed by atoms with E-state index >= 15 is 0 Å². The Balaban J connectivity index is 2.24. The third kappa shape index (κ3) is 3.83. The molecule has 0 radical (unpaired) electrons. The highest BCUT2D eigenvalue weighted by Gasteiger charge is 2.46. The molecule has 1 aliphatic rings. The van der Waals surface area contributed by atoms with Gasteiger partial charge in [0.2, 0.25) is 0 Å². The van der Waals surface area contributed by atoms with Crippen molar-refractivity contribution in [1.29, 1.82) is 0 Å². The van der Waals surface area contributed by atoms with Gasteiger partial charge in [-0.3, -0.25) is 14.6 Å². The maximum atomic E-state index is 12.9. The summed E-state index contributed by atoms with van der Waals surface area (Å²) in [6.07, 6.45) is 3.13. The Morgan fingerprint density at radius 2 is 1.93 bits per heavy atom. The number of ether oxygens (including phenoxy) is 3. The van der Waals surface area contributed by atoms with Gasteiger partial charge >= 0.3 is 0 Å². The average molecular weight is 433 g/mol. The van der Waals surface area contributed by atoms with Gasteiger partial charge in [-0.2, -0.15) is 0 Å². The molecule has 9 heteroatoms. The lowest BCUT2D eigenvalue weighted by Crippen LogP contribution is -2.32. The van der Waals surface area contributed by atoms with Crippen molar-refractivity contribution in [2.45, 2.75) is 6.04 Å². The Kier molecular flexibility index (Phi) is 6.59. The summed E-state index contributed by atoms with van der Waals surface area (Å²) in [7, 11) is 4.34. The number of aliphatic hydroxyl groups is 1. The molecule has 1 saturated heterocycles. The van der Waals surface area contributed by atoms with Crippen molar-refractivity contribution in [3.8, 4) is 11.5 Å². The predicted octanol–water partition coefficient (Wildman–Crippen LogP) is 2.82. The van der Waals surface area contributed by atoms with E-state index in [9.17, 15) is 14.7 Å². The molecule has 1 aromatic heterocycles. The first-order valence-electron chi connectivity index (χ1n) is 9.03. The van der Waals surface area contributed by atoms with Gasteiger partial charge in [-0.05, 0) is 17.7 Å². The Morgan fingerprint density at radius 3 is 2.53 bits per heavy atom. The Bertz CT molecular complexity index is 992. The van der Waals surface area contributed by atoms with E-state index in [2.05, 4.69) is 4.98 Å².